The molecule has 2 aromatic rings. The fourth-order valence-electron chi connectivity index (χ4n) is 1.17. The van der Waals surface area contributed by atoms with Gasteiger partial charge in [0.25, 0.3) is 0 Å². The second-order valence-corrected chi connectivity index (χ2v) is 3.93. The van der Waals surface area contributed by atoms with E-state index in [1.165, 1.54) is 15.6 Å². The average molecular weight is 180 g/mol. The maximum atomic E-state index is 4.37. The van der Waals surface area contributed by atoms with Crippen LogP contribution in [0.3, 0.4) is 0 Å². The Bertz CT molecular complexity index is 387. The summed E-state index contributed by atoms with van der Waals surface area (Å²) in [6.45, 7) is 2.13. The minimum atomic E-state index is 1.08. The van der Waals surface area contributed by atoms with Crippen molar-refractivity contribution in [1.82, 2.24) is 0 Å². The molecule has 0 aliphatic rings. The van der Waals surface area contributed by atoms with E-state index in [9.17, 15) is 0 Å². The average Bonchev–Trinajstić information content (AvgIpc) is 2.35. The van der Waals surface area contributed by atoms with E-state index in [0.29, 0.717) is 0 Å². The summed E-state index contributed by atoms with van der Waals surface area (Å²) in [6.07, 6.45) is 0. The highest BCUT2D eigenvalue weighted by atomic mass is 32.1. The second-order valence-electron chi connectivity index (χ2n) is 2.57. The Balaban J connectivity index is 2.94. The van der Waals surface area contributed by atoms with Crippen LogP contribution in [0, 0.1) is 6.92 Å². The van der Waals surface area contributed by atoms with Gasteiger partial charge < -0.3 is 0 Å². The van der Waals surface area contributed by atoms with Crippen LogP contribution >= 0.6 is 24.0 Å². The molecule has 0 radical (unpaired) electrons. The lowest BCUT2D eigenvalue weighted by molar-refractivity contribution is 1.56. The third kappa shape index (κ3) is 1.06. The van der Waals surface area contributed by atoms with Crippen LogP contribution in [0.1, 0.15) is 5.56 Å². The molecular weight excluding hydrogens is 172 g/mol. The Hall–Kier alpha value is -0.470. The highest BCUT2D eigenvalue weighted by molar-refractivity contribution is 7.80. The first-order valence-corrected chi connectivity index (χ1v) is 4.77. The summed E-state index contributed by atoms with van der Waals surface area (Å²) < 4.78 is 1.30. The molecule has 0 atom stereocenters. The van der Waals surface area contributed by atoms with Gasteiger partial charge in [-0.3, -0.25) is 0 Å². The predicted molar refractivity (Wildman–Crippen MR) is 53.8 cm³/mol. The lowest BCUT2D eigenvalue weighted by Crippen LogP contribution is -1.67. The Morgan fingerprint density at radius 3 is 2.91 bits per heavy atom. The van der Waals surface area contributed by atoms with Gasteiger partial charge in [-0.25, -0.2) is 0 Å². The van der Waals surface area contributed by atoms with E-state index in [1.54, 1.807) is 11.3 Å². The van der Waals surface area contributed by atoms with Crippen LogP contribution in [0.5, 0.6) is 0 Å². The first kappa shape index (κ1) is 7.19. The molecule has 0 N–H and O–H groups in total. The molecule has 0 bridgehead atoms. The van der Waals surface area contributed by atoms with E-state index >= 15 is 0 Å². The minimum absolute atomic E-state index is 1.08. The predicted octanol–water partition coefficient (Wildman–Crippen LogP) is 3.50. The van der Waals surface area contributed by atoms with Gasteiger partial charge in [-0.2, -0.15) is 0 Å². The van der Waals surface area contributed by atoms with Crippen molar-refractivity contribution in [3.63, 3.8) is 0 Å². The van der Waals surface area contributed by atoms with Crippen molar-refractivity contribution in [3.05, 3.63) is 29.1 Å². The van der Waals surface area contributed by atoms with Gasteiger partial charge >= 0.3 is 0 Å². The molecule has 0 amide bonds. The van der Waals surface area contributed by atoms with Crippen LogP contribution in [0.25, 0.3) is 10.1 Å². The first-order valence-electron chi connectivity index (χ1n) is 3.45. The topological polar surface area (TPSA) is 0 Å². The smallest absolute Gasteiger partial charge is 0.0478 e. The van der Waals surface area contributed by atoms with Crippen molar-refractivity contribution in [2.24, 2.45) is 0 Å². The summed E-state index contributed by atoms with van der Waals surface area (Å²) in [7, 11) is 0. The summed E-state index contributed by atoms with van der Waals surface area (Å²) in [4.78, 5) is 1.08. The van der Waals surface area contributed by atoms with E-state index in [0.717, 1.165) is 4.90 Å². The molecule has 2 rings (SSSR count). The molecule has 1 aromatic heterocycles. The van der Waals surface area contributed by atoms with Gasteiger partial charge in [0.05, 0.1) is 0 Å². The summed E-state index contributed by atoms with van der Waals surface area (Å²) in [5.74, 6) is 0. The van der Waals surface area contributed by atoms with Gasteiger partial charge in [0.1, 0.15) is 0 Å². The van der Waals surface area contributed by atoms with Gasteiger partial charge in [-0.1, -0.05) is 12.1 Å². The van der Waals surface area contributed by atoms with Gasteiger partial charge in [-0.05, 0) is 29.3 Å². The molecule has 56 valence electrons. The van der Waals surface area contributed by atoms with Crippen LogP contribution in [0.4, 0.5) is 0 Å². The molecule has 0 saturated heterocycles. The van der Waals surface area contributed by atoms with E-state index in [4.69, 9.17) is 0 Å². The maximum absolute atomic E-state index is 4.37. The van der Waals surface area contributed by atoms with Gasteiger partial charge in [0.15, 0.2) is 0 Å². The molecule has 0 spiro atoms. The summed E-state index contributed by atoms with van der Waals surface area (Å²) in [5.41, 5.74) is 1.35. The van der Waals surface area contributed by atoms with Gasteiger partial charge in [0.2, 0.25) is 0 Å². The fourth-order valence-corrected chi connectivity index (χ4v) is 2.50. The van der Waals surface area contributed by atoms with Crippen molar-refractivity contribution >= 4 is 34.1 Å². The molecule has 0 unspecified atom stereocenters. The summed E-state index contributed by atoms with van der Waals surface area (Å²) >= 11 is 6.14. The van der Waals surface area contributed by atoms with Crippen molar-refractivity contribution in [3.8, 4) is 0 Å². The SMILES string of the molecule is Cc1csc2c(S)cccc12. The van der Waals surface area contributed by atoms with Crippen molar-refractivity contribution in [2.75, 3.05) is 0 Å². The van der Waals surface area contributed by atoms with Crippen LogP contribution in [0.15, 0.2) is 28.5 Å². The zero-order chi connectivity index (χ0) is 7.84. The Morgan fingerprint density at radius 1 is 1.36 bits per heavy atom. The van der Waals surface area contributed by atoms with E-state index in [-0.39, 0.29) is 0 Å². The number of hydrogen-bond donors (Lipinski definition) is 1. The monoisotopic (exact) mass is 180 g/mol. The van der Waals surface area contributed by atoms with Gasteiger partial charge in [-0.15, -0.1) is 24.0 Å². The van der Waals surface area contributed by atoms with Crippen LogP contribution in [0.2, 0.25) is 0 Å². The van der Waals surface area contributed by atoms with Crippen molar-refractivity contribution < 1.29 is 0 Å². The number of thiol groups is 1. The summed E-state index contributed by atoms with van der Waals surface area (Å²) in [5, 5.41) is 3.51. The molecule has 11 heavy (non-hydrogen) atoms. The van der Waals surface area contributed by atoms with Crippen molar-refractivity contribution in [2.45, 2.75) is 11.8 Å². The fraction of sp³-hybridized carbons (Fsp3) is 0.111. The standard InChI is InChI=1S/C9H8S2/c1-6-5-11-9-7(6)3-2-4-8(9)10/h2-5,10H,1H3. The molecule has 1 heterocycles. The zero-order valence-electron chi connectivity index (χ0n) is 6.16. The third-order valence-corrected chi connectivity index (χ3v) is 3.44. The number of hydrogen-bond acceptors (Lipinski definition) is 2. The van der Waals surface area contributed by atoms with Crippen LogP contribution < -0.4 is 0 Å². The van der Waals surface area contributed by atoms with Crippen LogP contribution in [-0.2, 0) is 0 Å². The molecule has 0 aliphatic heterocycles. The Morgan fingerprint density at radius 2 is 2.18 bits per heavy atom. The Kier molecular flexibility index (Phi) is 1.66. The Labute approximate surface area is 75.3 Å². The van der Waals surface area contributed by atoms with Crippen LogP contribution in [-0.4, -0.2) is 0 Å². The quantitative estimate of drug-likeness (QED) is 0.589. The molecular formula is C9H8S2. The largest absolute Gasteiger partial charge is 0.142 e. The minimum Gasteiger partial charge on any atom is -0.142 e. The molecule has 0 saturated carbocycles. The number of rotatable bonds is 0. The number of thiophene rings is 1. The lowest BCUT2D eigenvalue weighted by Gasteiger charge is -1.93. The number of benzene rings is 1. The molecule has 2 heteroatoms. The molecule has 0 nitrogen and oxygen atoms in total. The van der Waals surface area contributed by atoms with E-state index in [1.807, 2.05) is 12.1 Å². The second kappa shape index (κ2) is 2.54. The normalized spacial score (nSPS) is 10.7. The zero-order valence-corrected chi connectivity index (χ0v) is 7.88. The molecule has 0 aliphatic carbocycles. The molecule has 0 fully saturated rings. The number of aryl methyl sites for hydroxylation is 1. The van der Waals surface area contributed by atoms with E-state index in [2.05, 4.69) is 31.0 Å². The first-order chi connectivity index (χ1) is 5.29. The van der Waals surface area contributed by atoms with Crippen molar-refractivity contribution in [1.29, 1.82) is 0 Å². The van der Waals surface area contributed by atoms with E-state index < -0.39 is 0 Å². The maximum Gasteiger partial charge on any atom is 0.0478 e. The van der Waals surface area contributed by atoms with Gasteiger partial charge in [0, 0.05) is 9.60 Å². The highest BCUT2D eigenvalue weighted by Crippen LogP contribution is 2.30. The third-order valence-electron chi connectivity index (χ3n) is 1.77. The highest BCUT2D eigenvalue weighted by Gasteiger charge is 2.00. The summed E-state index contributed by atoms with van der Waals surface area (Å²) in [6, 6.07) is 6.21. The number of fused-ring (bicyclic) bond motifs is 1. The lowest BCUT2D eigenvalue weighted by atomic mass is 10.2. The molecule has 1 aromatic carbocycles.